The van der Waals surface area contributed by atoms with E-state index >= 15 is 0 Å². The van der Waals surface area contributed by atoms with E-state index in [9.17, 15) is 5.11 Å². The summed E-state index contributed by atoms with van der Waals surface area (Å²) in [6, 6.07) is 14.3. The number of aryl methyl sites for hydroxylation is 1. The van der Waals surface area contributed by atoms with Crippen LogP contribution in [0.5, 0.6) is 17.2 Å². The van der Waals surface area contributed by atoms with E-state index in [4.69, 9.17) is 14.2 Å². The fourth-order valence-corrected chi connectivity index (χ4v) is 5.57. The van der Waals surface area contributed by atoms with Crippen LogP contribution in [0.2, 0.25) is 0 Å². The summed E-state index contributed by atoms with van der Waals surface area (Å²) in [7, 11) is 0. The minimum atomic E-state index is -0.340. The fraction of sp³-hybridized carbons (Fsp3) is 0.429. The number of aromatic nitrogens is 2. The van der Waals surface area contributed by atoms with Crippen molar-refractivity contribution in [2.45, 2.75) is 57.8 Å². The normalized spacial score (nSPS) is 21.0. The molecule has 2 aliphatic heterocycles. The molecule has 0 bridgehead atoms. The van der Waals surface area contributed by atoms with Gasteiger partial charge in [0.05, 0.1) is 25.3 Å². The van der Waals surface area contributed by atoms with Gasteiger partial charge < -0.3 is 24.2 Å². The van der Waals surface area contributed by atoms with Gasteiger partial charge in [-0.2, -0.15) is 0 Å². The molecule has 2 atom stereocenters. The highest BCUT2D eigenvalue weighted by atomic mass is 16.5. The zero-order chi connectivity index (χ0) is 23.8. The van der Waals surface area contributed by atoms with Crippen LogP contribution in [0.15, 0.2) is 42.5 Å². The Morgan fingerprint density at radius 1 is 1.03 bits per heavy atom. The summed E-state index contributed by atoms with van der Waals surface area (Å²) in [5.74, 6) is 3.13. The molecule has 0 amide bonds. The standard InChI is InChI=1S/C28H31N3O4/c1-18-15-24-20(11-13-33-24)27(35-17-19-7-3-2-4-8-19)26(18)21-16-25-28(30-29-21)31(12-14-34-25)22-9-5-6-10-23(22)32/h2-4,7-8,15-16,22-23,32H,5-6,9-14,17H2,1H3/t22-,23-/m1/s1. The lowest BCUT2D eigenvalue weighted by molar-refractivity contribution is 0.0995. The fourth-order valence-electron chi connectivity index (χ4n) is 5.57. The molecule has 0 radical (unpaired) electrons. The van der Waals surface area contributed by atoms with Crippen LogP contribution >= 0.6 is 0 Å². The number of nitrogens with zero attached hydrogens (tertiary/aromatic N) is 3. The van der Waals surface area contributed by atoms with Crippen LogP contribution < -0.4 is 19.1 Å². The molecule has 3 aliphatic rings. The SMILES string of the molecule is Cc1cc2c(c(OCc3ccccc3)c1-c1cc3c(nn1)N([C@@H]1CCCC[C@H]1O)CCO3)CCO2. The lowest BCUT2D eigenvalue weighted by Gasteiger charge is -2.40. The third kappa shape index (κ3) is 4.18. The zero-order valence-corrected chi connectivity index (χ0v) is 20.1. The number of rotatable bonds is 5. The van der Waals surface area contributed by atoms with Crippen LogP contribution in [0.1, 0.15) is 42.4 Å². The molecule has 1 aliphatic carbocycles. The third-order valence-corrected chi connectivity index (χ3v) is 7.33. The summed E-state index contributed by atoms with van der Waals surface area (Å²) in [6.45, 7) is 4.45. The minimum absolute atomic E-state index is 0.0650. The molecule has 182 valence electrons. The number of ether oxygens (including phenoxy) is 3. The van der Waals surface area contributed by atoms with E-state index in [1.54, 1.807) is 0 Å². The summed E-state index contributed by atoms with van der Waals surface area (Å²) in [5.41, 5.74) is 4.87. The van der Waals surface area contributed by atoms with Gasteiger partial charge in [0.15, 0.2) is 11.6 Å². The van der Waals surface area contributed by atoms with Gasteiger partial charge in [-0.05, 0) is 37.0 Å². The molecule has 3 aromatic rings. The molecule has 1 fully saturated rings. The second kappa shape index (κ2) is 9.38. The summed E-state index contributed by atoms with van der Waals surface area (Å²) in [5, 5.41) is 19.9. The molecule has 6 rings (SSSR count). The molecule has 7 heteroatoms. The maximum absolute atomic E-state index is 10.6. The van der Waals surface area contributed by atoms with Crippen LogP contribution in [0.3, 0.4) is 0 Å². The summed E-state index contributed by atoms with van der Waals surface area (Å²) in [6.07, 6.45) is 4.46. The van der Waals surface area contributed by atoms with Crippen LogP contribution in [0, 0.1) is 6.92 Å². The van der Waals surface area contributed by atoms with Crippen molar-refractivity contribution in [3.63, 3.8) is 0 Å². The van der Waals surface area contributed by atoms with Crippen LogP contribution in [0.25, 0.3) is 11.3 Å². The van der Waals surface area contributed by atoms with Crippen LogP contribution in [-0.2, 0) is 13.0 Å². The lowest BCUT2D eigenvalue weighted by atomic mass is 9.91. The Balaban J connectivity index is 1.38. The average Bonchev–Trinajstić information content (AvgIpc) is 3.35. The highest BCUT2D eigenvalue weighted by molar-refractivity contribution is 5.77. The van der Waals surface area contributed by atoms with Gasteiger partial charge in [-0.15, -0.1) is 10.2 Å². The lowest BCUT2D eigenvalue weighted by Crippen LogP contribution is -2.49. The first-order valence-corrected chi connectivity index (χ1v) is 12.6. The highest BCUT2D eigenvalue weighted by Gasteiger charge is 2.34. The highest BCUT2D eigenvalue weighted by Crippen LogP contribution is 2.45. The Bertz CT molecular complexity index is 1220. The van der Waals surface area contributed by atoms with Crippen LogP contribution in [-0.4, -0.2) is 47.2 Å². The molecule has 1 N–H and O–H groups in total. The van der Waals surface area contributed by atoms with Crippen molar-refractivity contribution in [2.75, 3.05) is 24.7 Å². The summed E-state index contributed by atoms with van der Waals surface area (Å²) < 4.78 is 18.4. The van der Waals surface area contributed by atoms with Crippen molar-refractivity contribution in [3.8, 4) is 28.5 Å². The van der Waals surface area contributed by atoms with Crippen LogP contribution in [0.4, 0.5) is 5.82 Å². The van der Waals surface area contributed by atoms with Gasteiger partial charge in [-0.1, -0.05) is 43.2 Å². The zero-order valence-electron chi connectivity index (χ0n) is 20.1. The molecule has 0 unspecified atom stereocenters. The maximum atomic E-state index is 10.6. The molecular formula is C28H31N3O4. The minimum Gasteiger partial charge on any atom is -0.493 e. The van der Waals surface area contributed by atoms with E-state index in [-0.39, 0.29) is 12.1 Å². The number of benzene rings is 2. The van der Waals surface area contributed by atoms with Gasteiger partial charge in [0.1, 0.15) is 30.4 Å². The topological polar surface area (TPSA) is 76.9 Å². The van der Waals surface area contributed by atoms with Crippen molar-refractivity contribution in [1.29, 1.82) is 0 Å². The predicted octanol–water partition coefficient (Wildman–Crippen LogP) is 4.47. The van der Waals surface area contributed by atoms with Gasteiger partial charge in [0, 0.05) is 23.6 Å². The van der Waals surface area contributed by atoms with Crippen molar-refractivity contribution in [3.05, 3.63) is 59.2 Å². The van der Waals surface area contributed by atoms with Crippen molar-refractivity contribution in [2.24, 2.45) is 0 Å². The molecule has 3 heterocycles. The van der Waals surface area contributed by atoms with E-state index in [0.29, 0.717) is 32.1 Å². The van der Waals surface area contributed by atoms with E-state index in [1.165, 1.54) is 0 Å². The number of fused-ring (bicyclic) bond motifs is 2. The molecule has 35 heavy (non-hydrogen) atoms. The Labute approximate surface area is 205 Å². The van der Waals surface area contributed by atoms with Crippen molar-refractivity contribution >= 4 is 5.82 Å². The molecule has 0 spiro atoms. The van der Waals surface area contributed by atoms with Crippen molar-refractivity contribution in [1.82, 2.24) is 10.2 Å². The maximum Gasteiger partial charge on any atom is 0.194 e. The predicted molar refractivity (Wildman–Crippen MR) is 133 cm³/mol. The first kappa shape index (κ1) is 22.2. The molecule has 2 aromatic carbocycles. The third-order valence-electron chi connectivity index (χ3n) is 7.33. The molecule has 1 saturated carbocycles. The van der Waals surface area contributed by atoms with E-state index in [0.717, 1.165) is 77.4 Å². The first-order valence-electron chi connectivity index (χ1n) is 12.6. The summed E-state index contributed by atoms with van der Waals surface area (Å²) in [4.78, 5) is 2.19. The Morgan fingerprint density at radius 3 is 2.71 bits per heavy atom. The summed E-state index contributed by atoms with van der Waals surface area (Å²) >= 11 is 0. The van der Waals surface area contributed by atoms with Gasteiger partial charge >= 0.3 is 0 Å². The second-order valence-electron chi connectivity index (χ2n) is 9.63. The van der Waals surface area contributed by atoms with Gasteiger partial charge in [0.25, 0.3) is 0 Å². The number of hydrogen-bond acceptors (Lipinski definition) is 7. The molecule has 1 aromatic heterocycles. The average molecular weight is 474 g/mol. The van der Waals surface area contributed by atoms with E-state index < -0.39 is 0 Å². The molecule has 0 saturated heterocycles. The monoisotopic (exact) mass is 473 g/mol. The smallest absolute Gasteiger partial charge is 0.194 e. The molecule has 7 nitrogen and oxygen atoms in total. The van der Waals surface area contributed by atoms with E-state index in [2.05, 4.69) is 40.2 Å². The Kier molecular flexibility index (Phi) is 5.94. The van der Waals surface area contributed by atoms with Crippen molar-refractivity contribution < 1.29 is 19.3 Å². The number of hydrogen-bond donors (Lipinski definition) is 1. The molecular weight excluding hydrogens is 442 g/mol. The Hall–Kier alpha value is -3.32. The van der Waals surface area contributed by atoms with E-state index in [1.807, 2.05) is 24.3 Å². The number of aliphatic hydroxyl groups is 1. The first-order chi connectivity index (χ1) is 17.2. The second-order valence-corrected chi connectivity index (χ2v) is 9.63. The van der Waals surface area contributed by atoms with Gasteiger partial charge in [0.2, 0.25) is 0 Å². The van der Waals surface area contributed by atoms with Gasteiger partial charge in [-0.3, -0.25) is 0 Å². The Morgan fingerprint density at radius 2 is 1.86 bits per heavy atom. The largest absolute Gasteiger partial charge is 0.493 e. The number of anilines is 1. The number of aliphatic hydroxyl groups excluding tert-OH is 1. The van der Waals surface area contributed by atoms with Gasteiger partial charge in [-0.25, -0.2) is 0 Å². The quantitative estimate of drug-likeness (QED) is 0.586.